The zero-order chi connectivity index (χ0) is 10.4. The standard InChI is InChI=1S/C11H19NO2/c1-10(2,4-3-9(13)14)12-7-11(8-12)5-6-11/h3-8H2,1-2H3,(H,13,14). The topological polar surface area (TPSA) is 40.5 Å². The summed E-state index contributed by atoms with van der Waals surface area (Å²) in [6, 6.07) is 0. The Morgan fingerprint density at radius 1 is 1.43 bits per heavy atom. The number of hydrogen-bond donors (Lipinski definition) is 1. The van der Waals surface area contributed by atoms with Gasteiger partial charge >= 0.3 is 5.97 Å². The fourth-order valence-corrected chi connectivity index (χ4v) is 2.26. The molecule has 0 aromatic rings. The molecule has 0 amide bonds. The van der Waals surface area contributed by atoms with E-state index in [-0.39, 0.29) is 12.0 Å². The van der Waals surface area contributed by atoms with Crippen molar-refractivity contribution in [3.05, 3.63) is 0 Å². The van der Waals surface area contributed by atoms with E-state index in [0.717, 1.165) is 6.42 Å². The van der Waals surface area contributed by atoms with Crippen LogP contribution in [0.5, 0.6) is 0 Å². The minimum Gasteiger partial charge on any atom is -0.481 e. The minimum atomic E-state index is -0.681. The summed E-state index contributed by atoms with van der Waals surface area (Å²) in [7, 11) is 0. The lowest BCUT2D eigenvalue weighted by Gasteiger charge is -2.50. The molecule has 1 aliphatic carbocycles. The van der Waals surface area contributed by atoms with Gasteiger partial charge in [0.05, 0.1) is 0 Å². The van der Waals surface area contributed by atoms with Crippen LogP contribution in [0.25, 0.3) is 0 Å². The van der Waals surface area contributed by atoms with Gasteiger partial charge in [-0.2, -0.15) is 0 Å². The molecule has 1 heterocycles. The first-order chi connectivity index (χ1) is 6.44. The van der Waals surface area contributed by atoms with Crippen LogP contribution in [0.3, 0.4) is 0 Å². The van der Waals surface area contributed by atoms with Gasteiger partial charge in [0.25, 0.3) is 0 Å². The largest absolute Gasteiger partial charge is 0.481 e. The van der Waals surface area contributed by atoms with E-state index in [1.54, 1.807) is 0 Å². The molecule has 0 radical (unpaired) electrons. The molecule has 2 aliphatic rings. The molecule has 1 spiro atoms. The molecule has 1 saturated heterocycles. The molecule has 0 unspecified atom stereocenters. The summed E-state index contributed by atoms with van der Waals surface area (Å²) in [6.45, 7) is 6.70. The average molecular weight is 197 g/mol. The molecule has 80 valence electrons. The van der Waals surface area contributed by atoms with Crippen LogP contribution in [0.15, 0.2) is 0 Å². The molecule has 1 aliphatic heterocycles. The van der Waals surface area contributed by atoms with Gasteiger partial charge in [0.15, 0.2) is 0 Å². The van der Waals surface area contributed by atoms with Gasteiger partial charge in [0, 0.05) is 25.0 Å². The molecular formula is C11H19NO2. The van der Waals surface area contributed by atoms with Crippen molar-refractivity contribution in [2.24, 2.45) is 5.41 Å². The summed E-state index contributed by atoms with van der Waals surface area (Å²) >= 11 is 0. The van der Waals surface area contributed by atoms with Gasteiger partial charge in [-0.3, -0.25) is 9.69 Å². The zero-order valence-electron chi connectivity index (χ0n) is 9.05. The summed E-state index contributed by atoms with van der Waals surface area (Å²) in [6.07, 6.45) is 3.83. The third kappa shape index (κ3) is 1.78. The molecule has 14 heavy (non-hydrogen) atoms. The molecule has 0 aromatic heterocycles. The first kappa shape index (κ1) is 9.97. The Morgan fingerprint density at radius 3 is 2.43 bits per heavy atom. The van der Waals surface area contributed by atoms with Crippen molar-refractivity contribution in [2.45, 2.75) is 45.1 Å². The second kappa shape index (κ2) is 2.96. The number of aliphatic carboxylic acids is 1. The number of hydrogen-bond acceptors (Lipinski definition) is 2. The monoisotopic (exact) mass is 197 g/mol. The Labute approximate surface area is 85.1 Å². The molecule has 0 bridgehead atoms. The average Bonchev–Trinajstić information content (AvgIpc) is 2.77. The van der Waals surface area contributed by atoms with Crippen LogP contribution in [0.4, 0.5) is 0 Å². The van der Waals surface area contributed by atoms with Gasteiger partial charge in [-0.1, -0.05) is 0 Å². The lowest BCUT2D eigenvalue weighted by Crippen LogP contribution is -2.58. The fraction of sp³-hybridized carbons (Fsp3) is 0.909. The number of carboxylic acids is 1. The number of carboxylic acid groups (broad SMARTS) is 1. The Morgan fingerprint density at radius 2 is 2.00 bits per heavy atom. The van der Waals surface area contributed by atoms with E-state index in [0.29, 0.717) is 5.41 Å². The van der Waals surface area contributed by atoms with Crippen molar-refractivity contribution in [1.82, 2.24) is 4.90 Å². The van der Waals surface area contributed by atoms with E-state index in [1.165, 1.54) is 25.9 Å². The molecule has 1 N–H and O–H groups in total. The van der Waals surface area contributed by atoms with Gasteiger partial charge in [0.2, 0.25) is 0 Å². The van der Waals surface area contributed by atoms with Gasteiger partial charge in [-0.15, -0.1) is 0 Å². The van der Waals surface area contributed by atoms with Gasteiger partial charge in [-0.05, 0) is 38.5 Å². The maximum Gasteiger partial charge on any atom is 0.303 e. The third-order valence-corrected chi connectivity index (χ3v) is 3.82. The highest BCUT2D eigenvalue weighted by Gasteiger charge is 2.55. The van der Waals surface area contributed by atoms with Crippen LogP contribution >= 0.6 is 0 Å². The first-order valence-electron chi connectivity index (χ1n) is 5.41. The van der Waals surface area contributed by atoms with Crippen molar-refractivity contribution < 1.29 is 9.90 Å². The van der Waals surface area contributed by atoms with Crippen LogP contribution < -0.4 is 0 Å². The summed E-state index contributed by atoms with van der Waals surface area (Å²) in [5.74, 6) is -0.681. The van der Waals surface area contributed by atoms with E-state index < -0.39 is 5.97 Å². The van der Waals surface area contributed by atoms with E-state index >= 15 is 0 Å². The Balaban J connectivity index is 1.80. The Hall–Kier alpha value is -0.570. The van der Waals surface area contributed by atoms with Crippen LogP contribution in [0.1, 0.15) is 39.5 Å². The maximum atomic E-state index is 10.5. The van der Waals surface area contributed by atoms with Gasteiger partial charge < -0.3 is 5.11 Å². The predicted octanol–water partition coefficient (Wildman–Crippen LogP) is 1.73. The van der Waals surface area contributed by atoms with Crippen LogP contribution in [0.2, 0.25) is 0 Å². The first-order valence-corrected chi connectivity index (χ1v) is 5.41. The van der Waals surface area contributed by atoms with Crippen LogP contribution in [-0.2, 0) is 4.79 Å². The summed E-state index contributed by atoms with van der Waals surface area (Å²) in [5, 5.41) is 8.65. The number of likely N-dealkylation sites (tertiary alicyclic amines) is 1. The molecule has 3 heteroatoms. The highest BCUT2D eigenvalue weighted by molar-refractivity contribution is 5.66. The van der Waals surface area contributed by atoms with Crippen molar-refractivity contribution in [1.29, 1.82) is 0 Å². The number of carbonyl (C=O) groups is 1. The van der Waals surface area contributed by atoms with Crippen LogP contribution in [-0.4, -0.2) is 34.6 Å². The Kier molecular flexibility index (Phi) is 2.11. The summed E-state index contributed by atoms with van der Waals surface area (Å²) in [5.41, 5.74) is 0.743. The van der Waals surface area contributed by atoms with Gasteiger partial charge in [0.1, 0.15) is 0 Å². The zero-order valence-corrected chi connectivity index (χ0v) is 9.05. The van der Waals surface area contributed by atoms with E-state index in [4.69, 9.17) is 5.11 Å². The summed E-state index contributed by atoms with van der Waals surface area (Å²) in [4.78, 5) is 12.9. The highest BCUT2D eigenvalue weighted by atomic mass is 16.4. The molecule has 1 saturated carbocycles. The lowest BCUT2D eigenvalue weighted by molar-refractivity contribution is -0.138. The summed E-state index contributed by atoms with van der Waals surface area (Å²) < 4.78 is 0. The van der Waals surface area contributed by atoms with Crippen molar-refractivity contribution in [3.63, 3.8) is 0 Å². The van der Waals surface area contributed by atoms with Crippen molar-refractivity contribution in [3.8, 4) is 0 Å². The number of nitrogens with zero attached hydrogens (tertiary/aromatic N) is 1. The normalized spacial score (nSPS) is 24.7. The molecule has 2 fully saturated rings. The highest BCUT2D eigenvalue weighted by Crippen LogP contribution is 2.54. The number of rotatable bonds is 4. The molecule has 3 nitrogen and oxygen atoms in total. The molecular weight excluding hydrogens is 178 g/mol. The molecule has 0 atom stereocenters. The smallest absolute Gasteiger partial charge is 0.303 e. The maximum absolute atomic E-state index is 10.5. The molecule has 0 aromatic carbocycles. The van der Waals surface area contributed by atoms with E-state index in [2.05, 4.69) is 18.7 Å². The Bertz CT molecular complexity index is 248. The van der Waals surface area contributed by atoms with Crippen LogP contribution in [0, 0.1) is 5.41 Å². The molecule has 2 rings (SSSR count). The van der Waals surface area contributed by atoms with E-state index in [9.17, 15) is 4.79 Å². The van der Waals surface area contributed by atoms with Crippen molar-refractivity contribution >= 4 is 5.97 Å². The van der Waals surface area contributed by atoms with E-state index in [1.807, 2.05) is 0 Å². The quantitative estimate of drug-likeness (QED) is 0.746. The predicted molar refractivity (Wildman–Crippen MR) is 54.2 cm³/mol. The second-order valence-corrected chi connectivity index (χ2v) is 5.56. The van der Waals surface area contributed by atoms with Crippen molar-refractivity contribution in [2.75, 3.05) is 13.1 Å². The SMILES string of the molecule is CC(C)(CCC(=O)O)N1CC2(CC2)C1. The minimum absolute atomic E-state index is 0.0756. The second-order valence-electron chi connectivity index (χ2n) is 5.56. The lowest BCUT2D eigenvalue weighted by atomic mass is 9.86. The third-order valence-electron chi connectivity index (χ3n) is 3.82. The van der Waals surface area contributed by atoms with Gasteiger partial charge in [-0.25, -0.2) is 0 Å². The fourth-order valence-electron chi connectivity index (χ4n) is 2.26.